The Labute approximate surface area is 167 Å². The van der Waals surface area contributed by atoms with Crippen LogP contribution in [-0.2, 0) is 11.2 Å². The van der Waals surface area contributed by atoms with E-state index in [2.05, 4.69) is 15.2 Å². The number of hydrogen-bond acceptors (Lipinski definition) is 6. The summed E-state index contributed by atoms with van der Waals surface area (Å²) in [6.07, 6.45) is 3.21. The van der Waals surface area contributed by atoms with E-state index in [0.717, 1.165) is 28.8 Å². The van der Waals surface area contributed by atoms with Gasteiger partial charge in [0.2, 0.25) is 5.91 Å². The zero-order valence-corrected chi connectivity index (χ0v) is 16.3. The lowest BCUT2D eigenvalue weighted by Gasteiger charge is -2.13. The van der Waals surface area contributed by atoms with Gasteiger partial charge < -0.3 is 10.2 Å². The second-order valence-corrected chi connectivity index (χ2v) is 7.81. The first-order valence-electron chi connectivity index (χ1n) is 9.55. The van der Waals surface area contributed by atoms with Crippen LogP contribution < -0.4 is 10.2 Å². The van der Waals surface area contributed by atoms with Crippen LogP contribution >= 0.6 is 11.3 Å². The third-order valence-electron chi connectivity index (χ3n) is 5.06. The fourth-order valence-electron chi connectivity index (χ4n) is 3.54. The Bertz CT molecular complexity index is 869. The molecule has 1 saturated heterocycles. The van der Waals surface area contributed by atoms with Gasteiger partial charge in [-0.2, -0.15) is 0 Å². The second-order valence-electron chi connectivity index (χ2n) is 6.97. The molecular weight excluding hydrogens is 376 g/mol. The molecule has 8 heteroatoms. The van der Waals surface area contributed by atoms with Crippen molar-refractivity contribution >= 4 is 34.2 Å². The van der Waals surface area contributed by atoms with E-state index < -0.39 is 0 Å². The minimum absolute atomic E-state index is 0.0913. The number of nitrogens with one attached hydrogen (secondary N) is 1. The first-order chi connectivity index (χ1) is 13.6. The number of thiazole rings is 1. The summed E-state index contributed by atoms with van der Waals surface area (Å²) < 4.78 is 0. The normalized spacial score (nSPS) is 16.0. The molecule has 2 aliphatic heterocycles. The molecule has 3 amide bonds. The Morgan fingerprint density at radius 2 is 1.79 bits per heavy atom. The summed E-state index contributed by atoms with van der Waals surface area (Å²) in [6, 6.07) is 6.74. The van der Waals surface area contributed by atoms with E-state index in [-0.39, 0.29) is 30.7 Å². The Balaban J connectivity index is 1.21. The Hall–Kier alpha value is -2.74. The molecule has 3 heterocycles. The summed E-state index contributed by atoms with van der Waals surface area (Å²) in [7, 11) is 0. The van der Waals surface area contributed by atoms with Crippen molar-refractivity contribution in [1.82, 2.24) is 15.2 Å². The number of benzene rings is 1. The van der Waals surface area contributed by atoms with Crippen LogP contribution in [0.4, 0.5) is 5.13 Å². The highest BCUT2D eigenvalue weighted by Gasteiger charge is 2.34. The average molecular weight is 398 g/mol. The number of hydrogen-bond donors (Lipinski definition) is 1. The van der Waals surface area contributed by atoms with Crippen molar-refractivity contribution in [1.29, 1.82) is 0 Å². The molecule has 7 nitrogen and oxygen atoms in total. The summed E-state index contributed by atoms with van der Waals surface area (Å²) >= 11 is 1.65. The van der Waals surface area contributed by atoms with E-state index in [1.165, 1.54) is 12.8 Å². The molecule has 28 heavy (non-hydrogen) atoms. The van der Waals surface area contributed by atoms with E-state index in [1.54, 1.807) is 35.6 Å². The maximum absolute atomic E-state index is 12.3. The Morgan fingerprint density at radius 1 is 1.11 bits per heavy atom. The van der Waals surface area contributed by atoms with Crippen LogP contribution in [0.1, 0.15) is 45.7 Å². The van der Waals surface area contributed by atoms with Crippen molar-refractivity contribution in [3.63, 3.8) is 0 Å². The lowest BCUT2D eigenvalue weighted by atomic mass is 10.1. The number of nitrogens with zero attached hydrogens (tertiary/aromatic N) is 3. The van der Waals surface area contributed by atoms with Gasteiger partial charge in [0.25, 0.3) is 11.8 Å². The first kappa shape index (κ1) is 18.6. The number of amides is 3. The van der Waals surface area contributed by atoms with E-state index in [1.807, 2.05) is 5.38 Å². The minimum atomic E-state index is -0.328. The molecule has 1 aromatic carbocycles. The van der Waals surface area contributed by atoms with Gasteiger partial charge in [-0.3, -0.25) is 19.3 Å². The maximum Gasteiger partial charge on any atom is 0.261 e. The van der Waals surface area contributed by atoms with Gasteiger partial charge >= 0.3 is 0 Å². The molecule has 0 unspecified atom stereocenters. The van der Waals surface area contributed by atoms with Gasteiger partial charge in [0.15, 0.2) is 5.13 Å². The Morgan fingerprint density at radius 3 is 2.46 bits per heavy atom. The molecule has 0 aliphatic carbocycles. The predicted molar refractivity (Wildman–Crippen MR) is 107 cm³/mol. The van der Waals surface area contributed by atoms with Crippen molar-refractivity contribution in [2.45, 2.75) is 25.7 Å². The quantitative estimate of drug-likeness (QED) is 0.722. The fourth-order valence-corrected chi connectivity index (χ4v) is 4.45. The number of carbonyl (C=O) groups excluding carboxylic acids is 3. The molecular formula is C20H22N4O3S. The molecule has 0 bridgehead atoms. The third-order valence-corrected chi connectivity index (χ3v) is 6.01. The zero-order chi connectivity index (χ0) is 19.5. The van der Waals surface area contributed by atoms with Gasteiger partial charge in [-0.25, -0.2) is 4.98 Å². The molecule has 0 spiro atoms. The molecule has 1 N–H and O–H groups in total. The monoisotopic (exact) mass is 398 g/mol. The topological polar surface area (TPSA) is 82.6 Å². The van der Waals surface area contributed by atoms with Gasteiger partial charge in [0, 0.05) is 44.4 Å². The fraction of sp³-hybridized carbons (Fsp3) is 0.400. The summed E-state index contributed by atoms with van der Waals surface area (Å²) in [5, 5.41) is 5.95. The van der Waals surface area contributed by atoms with Crippen LogP contribution in [0.2, 0.25) is 0 Å². The van der Waals surface area contributed by atoms with Gasteiger partial charge in [0.05, 0.1) is 16.8 Å². The van der Waals surface area contributed by atoms with E-state index in [0.29, 0.717) is 24.1 Å². The highest BCUT2D eigenvalue weighted by Crippen LogP contribution is 2.24. The minimum Gasteiger partial charge on any atom is -0.356 e. The lowest BCUT2D eigenvalue weighted by Crippen LogP contribution is -2.35. The highest BCUT2D eigenvalue weighted by atomic mass is 32.1. The summed E-state index contributed by atoms with van der Waals surface area (Å²) in [5.41, 5.74) is 1.79. The standard InChI is InChI=1S/C20H22N4O3S/c25-17(8-12-24-18(26)15-5-1-2-6-16(15)19(24)27)21-9-7-14-13-28-20(22-14)23-10-3-4-11-23/h1-2,5-6,13H,3-4,7-12H2,(H,21,25). The number of carbonyl (C=O) groups is 3. The largest absolute Gasteiger partial charge is 0.356 e. The molecule has 4 rings (SSSR count). The van der Waals surface area contributed by atoms with Gasteiger partial charge in [0.1, 0.15) is 0 Å². The number of fused-ring (bicyclic) bond motifs is 1. The number of imide groups is 1. The third kappa shape index (κ3) is 3.77. The SMILES string of the molecule is O=C(CCN1C(=O)c2ccccc2C1=O)NCCc1csc(N2CCCC2)n1. The molecule has 1 aromatic heterocycles. The second kappa shape index (κ2) is 8.10. The van der Waals surface area contributed by atoms with Gasteiger partial charge in [-0.15, -0.1) is 11.3 Å². The Kier molecular flexibility index (Phi) is 5.38. The number of anilines is 1. The number of rotatable bonds is 7. The summed E-state index contributed by atoms with van der Waals surface area (Å²) in [4.78, 5) is 44.8. The van der Waals surface area contributed by atoms with Crippen LogP contribution in [0, 0.1) is 0 Å². The summed E-state index contributed by atoms with van der Waals surface area (Å²) in [6.45, 7) is 2.72. The van der Waals surface area contributed by atoms with Crippen molar-refractivity contribution < 1.29 is 14.4 Å². The van der Waals surface area contributed by atoms with E-state index in [4.69, 9.17) is 0 Å². The van der Waals surface area contributed by atoms with Crippen LogP contribution in [0.15, 0.2) is 29.6 Å². The van der Waals surface area contributed by atoms with Crippen LogP contribution in [0.5, 0.6) is 0 Å². The van der Waals surface area contributed by atoms with E-state index >= 15 is 0 Å². The van der Waals surface area contributed by atoms with Crippen molar-refractivity contribution in [2.24, 2.45) is 0 Å². The summed E-state index contributed by atoms with van der Waals surface area (Å²) in [5.74, 6) is -0.831. The highest BCUT2D eigenvalue weighted by molar-refractivity contribution is 7.13. The van der Waals surface area contributed by atoms with Gasteiger partial charge in [-0.05, 0) is 25.0 Å². The zero-order valence-electron chi connectivity index (χ0n) is 15.5. The molecule has 0 atom stereocenters. The number of aromatic nitrogens is 1. The van der Waals surface area contributed by atoms with Crippen LogP contribution in [0.3, 0.4) is 0 Å². The smallest absolute Gasteiger partial charge is 0.261 e. The molecule has 0 radical (unpaired) electrons. The molecule has 146 valence electrons. The molecule has 1 fully saturated rings. The van der Waals surface area contributed by atoms with Crippen molar-refractivity contribution in [3.05, 3.63) is 46.5 Å². The lowest BCUT2D eigenvalue weighted by molar-refractivity contribution is -0.121. The van der Waals surface area contributed by atoms with Crippen LogP contribution in [0.25, 0.3) is 0 Å². The average Bonchev–Trinajstić information content (AvgIpc) is 3.43. The molecule has 2 aliphatic rings. The molecule has 0 saturated carbocycles. The van der Waals surface area contributed by atoms with Gasteiger partial charge in [-0.1, -0.05) is 12.1 Å². The van der Waals surface area contributed by atoms with Crippen LogP contribution in [-0.4, -0.2) is 53.8 Å². The molecule has 2 aromatic rings. The van der Waals surface area contributed by atoms with E-state index in [9.17, 15) is 14.4 Å². The van der Waals surface area contributed by atoms with Crippen molar-refractivity contribution in [3.8, 4) is 0 Å². The first-order valence-corrected chi connectivity index (χ1v) is 10.4. The van der Waals surface area contributed by atoms with Crippen molar-refractivity contribution in [2.75, 3.05) is 31.1 Å². The predicted octanol–water partition coefficient (Wildman–Crippen LogP) is 2.09. The maximum atomic E-state index is 12.3.